The zero-order valence-corrected chi connectivity index (χ0v) is 11.0. The second-order valence-electron chi connectivity index (χ2n) is 4.12. The summed E-state index contributed by atoms with van der Waals surface area (Å²) in [5.41, 5.74) is 1.54. The Morgan fingerprint density at radius 1 is 1.56 bits per heavy atom. The van der Waals surface area contributed by atoms with Gasteiger partial charge in [-0.25, -0.2) is 0 Å². The number of carbonyl (C=O) groups is 1. The van der Waals surface area contributed by atoms with Crippen LogP contribution in [0.4, 0.5) is 0 Å². The van der Waals surface area contributed by atoms with Gasteiger partial charge >= 0.3 is 0 Å². The molecule has 0 aromatic carbocycles. The van der Waals surface area contributed by atoms with E-state index in [4.69, 9.17) is 0 Å². The quantitative estimate of drug-likeness (QED) is 0.867. The number of aromatic nitrogens is 1. The lowest BCUT2D eigenvalue weighted by Gasteiger charge is -2.12. The molecule has 2 aromatic rings. The lowest BCUT2D eigenvalue weighted by molar-refractivity contribution is 0.0941. The molecule has 0 bridgehead atoms. The van der Waals surface area contributed by atoms with Crippen LogP contribution in [0, 0.1) is 0 Å². The molecule has 0 saturated heterocycles. The summed E-state index contributed by atoms with van der Waals surface area (Å²) in [6.07, 6.45) is 1.85. The van der Waals surface area contributed by atoms with E-state index < -0.39 is 6.10 Å². The number of hydrogen-bond acceptors (Lipinski definition) is 3. The maximum Gasteiger partial charge on any atom is 0.252 e. The predicted molar refractivity (Wildman–Crippen MR) is 71.6 cm³/mol. The van der Waals surface area contributed by atoms with Crippen molar-refractivity contribution in [2.75, 3.05) is 6.54 Å². The highest BCUT2D eigenvalue weighted by molar-refractivity contribution is 7.08. The van der Waals surface area contributed by atoms with Crippen molar-refractivity contribution in [2.45, 2.75) is 12.5 Å². The average Bonchev–Trinajstić information content (AvgIpc) is 2.99. The number of carbonyl (C=O) groups excluding carboxylic acids is 1. The van der Waals surface area contributed by atoms with Crippen molar-refractivity contribution in [1.82, 2.24) is 9.88 Å². The van der Waals surface area contributed by atoms with Crippen molar-refractivity contribution in [3.63, 3.8) is 0 Å². The molecule has 0 aliphatic heterocycles. The van der Waals surface area contributed by atoms with Crippen LogP contribution < -0.4 is 5.32 Å². The molecule has 2 heterocycles. The van der Waals surface area contributed by atoms with Gasteiger partial charge in [-0.15, -0.1) is 0 Å². The van der Waals surface area contributed by atoms with Crippen LogP contribution in [0.5, 0.6) is 0 Å². The summed E-state index contributed by atoms with van der Waals surface area (Å²) >= 11 is 1.49. The fraction of sp³-hybridized carbons (Fsp3) is 0.308. The van der Waals surface area contributed by atoms with Crippen molar-refractivity contribution < 1.29 is 9.90 Å². The maximum absolute atomic E-state index is 11.6. The summed E-state index contributed by atoms with van der Waals surface area (Å²) in [6.45, 7) is 0.459. The first-order valence-electron chi connectivity index (χ1n) is 5.78. The van der Waals surface area contributed by atoms with E-state index in [9.17, 15) is 9.90 Å². The SMILES string of the molecule is Cn1cccc1[C@@H](O)CCNC(=O)c1ccsc1. The average molecular weight is 264 g/mol. The van der Waals surface area contributed by atoms with Gasteiger partial charge in [0.1, 0.15) is 0 Å². The van der Waals surface area contributed by atoms with Gasteiger partial charge in [-0.1, -0.05) is 0 Å². The minimum Gasteiger partial charge on any atom is -0.387 e. The minimum absolute atomic E-state index is 0.0877. The zero-order valence-electron chi connectivity index (χ0n) is 10.2. The molecule has 0 spiro atoms. The van der Waals surface area contributed by atoms with Crippen molar-refractivity contribution in [3.05, 3.63) is 46.4 Å². The molecule has 2 N–H and O–H groups in total. The summed E-state index contributed by atoms with van der Waals surface area (Å²) in [6, 6.07) is 5.56. The van der Waals surface area contributed by atoms with Crippen molar-refractivity contribution in [1.29, 1.82) is 0 Å². The van der Waals surface area contributed by atoms with Crippen LogP contribution in [0.1, 0.15) is 28.6 Å². The number of nitrogens with one attached hydrogen (secondary N) is 1. The van der Waals surface area contributed by atoms with Gasteiger partial charge in [0.15, 0.2) is 0 Å². The lowest BCUT2D eigenvalue weighted by Crippen LogP contribution is -2.25. The van der Waals surface area contributed by atoms with Crippen LogP contribution in [-0.4, -0.2) is 22.1 Å². The van der Waals surface area contributed by atoms with Crippen LogP contribution in [0.25, 0.3) is 0 Å². The van der Waals surface area contributed by atoms with Crippen molar-refractivity contribution in [3.8, 4) is 0 Å². The van der Waals surface area contributed by atoms with Gasteiger partial charge < -0.3 is 15.0 Å². The molecular weight excluding hydrogens is 248 g/mol. The van der Waals surface area contributed by atoms with E-state index in [2.05, 4.69) is 5.32 Å². The molecule has 0 radical (unpaired) electrons. The lowest BCUT2D eigenvalue weighted by atomic mass is 10.2. The summed E-state index contributed by atoms with van der Waals surface area (Å²) in [7, 11) is 1.89. The number of rotatable bonds is 5. The molecule has 1 atom stereocenters. The Morgan fingerprint density at radius 2 is 2.39 bits per heavy atom. The second kappa shape index (κ2) is 5.84. The smallest absolute Gasteiger partial charge is 0.252 e. The Kier molecular flexibility index (Phi) is 4.17. The molecule has 2 aromatic heterocycles. The summed E-state index contributed by atoms with van der Waals surface area (Å²) in [5.74, 6) is -0.0877. The summed E-state index contributed by atoms with van der Waals surface area (Å²) in [4.78, 5) is 11.6. The Labute approximate surface area is 110 Å². The van der Waals surface area contributed by atoms with E-state index in [0.717, 1.165) is 5.69 Å². The number of aliphatic hydroxyl groups excluding tert-OH is 1. The molecule has 0 saturated carbocycles. The number of amides is 1. The van der Waals surface area contributed by atoms with Gasteiger partial charge in [-0.05, 0) is 30.0 Å². The van der Waals surface area contributed by atoms with Gasteiger partial charge in [-0.2, -0.15) is 11.3 Å². The molecule has 1 amide bonds. The van der Waals surface area contributed by atoms with Crippen LogP contribution >= 0.6 is 11.3 Å². The number of hydrogen-bond donors (Lipinski definition) is 2. The molecule has 0 fully saturated rings. The number of nitrogens with zero attached hydrogens (tertiary/aromatic N) is 1. The number of thiophene rings is 1. The maximum atomic E-state index is 11.6. The standard InChI is InChI=1S/C13H16N2O2S/c1-15-7-2-3-11(15)12(16)4-6-14-13(17)10-5-8-18-9-10/h2-3,5,7-9,12,16H,4,6H2,1H3,(H,14,17)/t12-/m0/s1. The molecule has 18 heavy (non-hydrogen) atoms. The third-order valence-electron chi connectivity index (χ3n) is 2.81. The first-order chi connectivity index (χ1) is 8.68. The Balaban J connectivity index is 1.79. The van der Waals surface area contributed by atoms with Gasteiger partial charge in [0.05, 0.1) is 6.10 Å². The largest absolute Gasteiger partial charge is 0.387 e. The molecule has 4 nitrogen and oxygen atoms in total. The van der Waals surface area contributed by atoms with E-state index in [0.29, 0.717) is 18.5 Å². The topological polar surface area (TPSA) is 54.3 Å². The molecule has 5 heteroatoms. The summed E-state index contributed by atoms with van der Waals surface area (Å²) < 4.78 is 1.88. The van der Waals surface area contributed by atoms with Gasteiger partial charge in [0.25, 0.3) is 5.91 Å². The first-order valence-corrected chi connectivity index (χ1v) is 6.72. The Morgan fingerprint density at radius 3 is 3.00 bits per heavy atom. The highest BCUT2D eigenvalue weighted by atomic mass is 32.1. The van der Waals surface area contributed by atoms with Gasteiger partial charge in [-0.3, -0.25) is 4.79 Å². The Hall–Kier alpha value is -1.59. The second-order valence-corrected chi connectivity index (χ2v) is 4.90. The third kappa shape index (κ3) is 3.00. The third-order valence-corrected chi connectivity index (χ3v) is 3.50. The van der Waals surface area contributed by atoms with Crippen LogP contribution in [0.15, 0.2) is 35.2 Å². The molecular formula is C13H16N2O2S. The first kappa shape index (κ1) is 12.9. The molecule has 0 aliphatic rings. The Bertz CT molecular complexity index is 505. The molecule has 0 unspecified atom stereocenters. The zero-order chi connectivity index (χ0) is 13.0. The van der Waals surface area contributed by atoms with Crippen molar-refractivity contribution in [2.24, 2.45) is 7.05 Å². The predicted octanol–water partition coefficient (Wildman–Crippen LogP) is 1.94. The summed E-state index contributed by atoms with van der Waals surface area (Å²) in [5, 5.41) is 16.4. The molecule has 96 valence electrons. The van der Waals surface area contributed by atoms with Crippen LogP contribution in [-0.2, 0) is 7.05 Å². The molecule has 0 aliphatic carbocycles. The van der Waals surface area contributed by atoms with Crippen LogP contribution in [0.2, 0.25) is 0 Å². The van der Waals surface area contributed by atoms with E-state index in [1.54, 1.807) is 6.07 Å². The fourth-order valence-electron chi connectivity index (χ4n) is 1.79. The highest BCUT2D eigenvalue weighted by Gasteiger charge is 2.11. The monoisotopic (exact) mass is 264 g/mol. The van der Waals surface area contributed by atoms with Crippen LogP contribution in [0.3, 0.4) is 0 Å². The van der Waals surface area contributed by atoms with E-state index >= 15 is 0 Å². The van der Waals surface area contributed by atoms with E-state index in [-0.39, 0.29) is 5.91 Å². The fourth-order valence-corrected chi connectivity index (χ4v) is 2.42. The molecule has 2 rings (SSSR count). The van der Waals surface area contributed by atoms with Crippen molar-refractivity contribution >= 4 is 17.2 Å². The van der Waals surface area contributed by atoms with E-state index in [1.807, 2.05) is 40.7 Å². The van der Waals surface area contributed by atoms with Gasteiger partial charge in [0, 0.05) is 36.4 Å². The number of aryl methyl sites for hydroxylation is 1. The number of aliphatic hydroxyl groups is 1. The van der Waals surface area contributed by atoms with Gasteiger partial charge in [0.2, 0.25) is 0 Å². The normalized spacial score (nSPS) is 12.3. The van der Waals surface area contributed by atoms with E-state index in [1.165, 1.54) is 11.3 Å². The highest BCUT2D eigenvalue weighted by Crippen LogP contribution is 2.15. The minimum atomic E-state index is -0.548.